The number of benzene rings is 3. The number of nitrogens with zero attached hydrogens (tertiary/aromatic N) is 1. The Morgan fingerprint density at radius 3 is 2.41 bits per heavy atom. The SMILES string of the molecule is Cc1c(CON=C(c2ccc(F)cc2)C2CC2)cccc1-c1ccccc1. The van der Waals surface area contributed by atoms with Crippen molar-refractivity contribution in [2.24, 2.45) is 11.1 Å². The first-order valence-electron chi connectivity index (χ1n) is 9.32. The highest BCUT2D eigenvalue weighted by Gasteiger charge is 2.29. The molecule has 3 heteroatoms. The molecule has 0 atom stereocenters. The summed E-state index contributed by atoms with van der Waals surface area (Å²) in [5.74, 6) is 0.190. The number of rotatable bonds is 6. The Balaban J connectivity index is 1.53. The Kier molecular flexibility index (Phi) is 5.01. The van der Waals surface area contributed by atoms with E-state index < -0.39 is 0 Å². The van der Waals surface area contributed by atoms with Crippen LogP contribution in [0.1, 0.15) is 29.5 Å². The van der Waals surface area contributed by atoms with Gasteiger partial charge in [0.05, 0.1) is 5.71 Å². The monoisotopic (exact) mass is 359 g/mol. The molecule has 4 rings (SSSR count). The lowest BCUT2D eigenvalue weighted by Gasteiger charge is -2.12. The van der Waals surface area contributed by atoms with Gasteiger partial charge in [-0.3, -0.25) is 0 Å². The van der Waals surface area contributed by atoms with E-state index in [9.17, 15) is 4.39 Å². The summed E-state index contributed by atoms with van der Waals surface area (Å²) in [5.41, 5.74) is 6.59. The van der Waals surface area contributed by atoms with Crippen LogP contribution < -0.4 is 0 Å². The molecule has 3 aromatic carbocycles. The normalized spacial score (nSPS) is 14.2. The van der Waals surface area contributed by atoms with E-state index in [1.165, 1.54) is 28.8 Å². The fourth-order valence-corrected chi connectivity index (χ4v) is 3.28. The molecule has 1 fully saturated rings. The molecule has 0 aliphatic heterocycles. The summed E-state index contributed by atoms with van der Waals surface area (Å²) in [6, 6.07) is 23.1. The molecule has 27 heavy (non-hydrogen) atoms. The second-order valence-corrected chi connectivity index (χ2v) is 6.99. The van der Waals surface area contributed by atoms with Crippen LogP contribution in [0.15, 0.2) is 78.0 Å². The topological polar surface area (TPSA) is 21.6 Å². The first-order valence-corrected chi connectivity index (χ1v) is 9.32. The third-order valence-corrected chi connectivity index (χ3v) is 5.02. The van der Waals surface area contributed by atoms with Crippen molar-refractivity contribution in [1.82, 2.24) is 0 Å². The largest absolute Gasteiger partial charge is 0.391 e. The molecule has 1 aliphatic rings. The molecular formula is C24H22FNO. The van der Waals surface area contributed by atoms with Gasteiger partial charge in [-0.25, -0.2) is 4.39 Å². The molecule has 3 aromatic rings. The molecule has 1 saturated carbocycles. The molecule has 0 radical (unpaired) electrons. The van der Waals surface area contributed by atoms with Gasteiger partial charge in [-0.15, -0.1) is 0 Å². The smallest absolute Gasteiger partial charge is 0.142 e. The lowest BCUT2D eigenvalue weighted by Crippen LogP contribution is -2.05. The van der Waals surface area contributed by atoms with Crippen molar-refractivity contribution < 1.29 is 9.23 Å². The van der Waals surface area contributed by atoms with Gasteiger partial charge in [0.2, 0.25) is 0 Å². The maximum Gasteiger partial charge on any atom is 0.142 e. The summed E-state index contributed by atoms with van der Waals surface area (Å²) in [5, 5.41) is 4.42. The molecule has 2 nitrogen and oxygen atoms in total. The van der Waals surface area contributed by atoms with Gasteiger partial charge in [0.1, 0.15) is 12.4 Å². The second-order valence-electron chi connectivity index (χ2n) is 6.99. The second kappa shape index (κ2) is 7.75. The summed E-state index contributed by atoms with van der Waals surface area (Å²) in [6.45, 7) is 2.54. The standard InChI is InChI=1S/C24H22FNO/c1-17-21(8-5-9-23(17)18-6-3-2-4-7-18)16-27-26-24(19-10-11-19)20-12-14-22(25)15-13-20/h2-9,12-15,19H,10-11,16H2,1H3. The van der Waals surface area contributed by atoms with Crippen molar-refractivity contribution in [2.45, 2.75) is 26.4 Å². The Bertz CT molecular complexity index is 944. The molecule has 0 N–H and O–H groups in total. The summed E-state index contributed by atoms with van der Waals surface area (Å²) in [7, 11) is 0. The fourth-order valence-electron chi connectivity index (χ4n) is 3.28. The number of hydrogen-bond donors (Lipinski definition) is 0. The summed E-state index contributed by atoms with van der Waals surface area (Å²) < 4.78 is 13.2. The van der Waals surface area contributed by atoms with E-state index in [0.717, 1.165) is 29.7 Å². The van der Waals surface area contributed by atoms with E-state index in [-0.39, 0.29) is 5.82 Å². The third-order valence-electron chi connectivity index (χ3n) is 5.02. The summed E-state index contributed by atoms with van der Waals surface area (Å²) in [4.78, 5) is 5.73. The van der Waals surface area contributed by atoms with Crippen LogP contribution in [0.4, 0.5) is 4.39 Å². The summed E-state index contributed by atoms with van der Waals surface area (Å²) in [6.07, 6.45) is 2.23. The van der Waals surface area contributed by atoms with E-state index in [2.05, 4.69) is 42.4 Å². The highest BCUT2D eigenvalue weighted by molar-refractivity contribution is 6.03. The maximum absolute atomic E-state index is 13.2. The molecular weight excluding hydrogens is 337 g/mol. The summed E-state index contributed by atoms with van der Waals surface area (Å²) >= 11 is 0. The van der Waals surface area contributed by atoms with Crippen LogP contribution in [0.2, 0.25) is 0 Å². The van der Waals surface area contributed by atoms with Crippen molar-refractivity contribution >= 4 is 5.71 Å². The van der Waals surface area contributed by atoms with Gasteiger partial charge in [0.25, 0.3) is 0 Å². The number of hydrogen-bond acceptors (Lipinski definition) is 2. The number of halogens is 1. The van der Waals surface area contributed by atoms with Crippen molar-refractivity contribution in [3.8, 4) is 11.1 Å². The molecule has 1 aliphatic carbocycles. The van der Waals surface area contributed by atoms with Crippen molar-refractivity contribution in [3.63, 3.8) is 0 Å². The van der Waals surface area contributed by atoms with Crippen LogP contribution in [-0.4, -0.2) is 5.71 Å². The zero-order valence-corrected chi connectivity index (χ0v) is 15.4. The molecule has 0 spiro atoms. The molecule has 0 saturated heterocycles. The first-order chi connectivity index (χ1) is 13.2. The van der Waals surface area contributed by atoms with E-state index in [1.54, 1.807) is 12.1 Å². The third kappa shape index (κ3) is 4.08. The molecule has 0 unspecified atom stereocenters. The van der Waals surface area contributed by atoms with Gasteiger partial charge >= 0.3 is 0 Å². The van der Waals surface area contributed by atoms with Crippen LogP contribution >= 0.6 is 0 Å². The van der Waals surface area contributed by atoms with Crippen LogP contribution in [0.5, 0.6) is 0 Å². The minimum atomic E-state index is -0.233. The average molecular weight is 359 g/mol. The van der Waals surface area contributed by atoms with Crippen molar-refractivity contribution in [3.05, 3.63) is 95.3 Å². The highest BCUT2D eigenvalue weighted by atomic mass is 19.1. The lowest BCUT2D eigenvalue weighted by atomic mass is 9.97. The quantitative estimate of drug-likeness (QED) is 0.383. The van der Waals surface area contributed by atoms with Crippen LogP contribution in [0.3, 0.4) is 0 Å². The van der Waals surface area contributed by atoms with Gasteiger partial charge in [-0.1, -0.05) is 65.8 Å². The average Bonchev–Trinajstić information content (AvgIpc) is 3.53. The first kappa shape index (κ1) is 17.5. The Hall–Kier alpha value is -2.94. The van der Waals surface area contributed by atoms with E-state index in [1.807, 2.05) is 18.2 Å². The molecule has 0 aromatic heterocycles. The van der Waals surface area contributed by atoms with Crippen LogP contribution in [0, 0.1) is 18.7 Å². The highest BCUT2D eigenvalue weighted by Crippen LogP contribution is 2.34. The lowest BCUT2D eigenvalue weighted by molar-refractivity contribution is 0.129. The van der Waals surface area contributed by atoms with Gasteiger partial charge in [-0.05, 0) is 59.7 Å². The Morgan fingerprint density at radius 1 is 0.963 bits per heavy atom. The predicted octanol–water partition coefficient (Wildman–Crippen LogP) is 6.13. The van der Waals surface area contributed by atoms with Crippen molar-refractivity contribution in [2.75, 3.05) is 0 Å². The van der Waals surface area contributed by atoms with E-state index in [0.29, 0.717) is 12.5 Å². The molecule has 0 heterocycles. The van der Waals surface area contributed by atoms with Crippen LogP contribution in [0.25, 0.3) is 11.1 Å². The van der Waals surface area contributed by atoms with Gasteiger partial charge in [-0.2, -0.15) is 0 Å². The molecule has 136 valence electrons. The van der Waals surface area contributed by atoms with Gasteiger partial charge < -0.3 is 4.84 Å². The van der Waals surface area contributed by atoms with Gasteiger partial charge in [0.15, 0.2) is 0 Å². The van der Waals surface area contributed by atoms with Gasteiger partial charge in [0, 0.05) is 5.92 Å². The van der Waals surface area contributed by atoms with E-state index in [4.69, 9.17) is 4.84 Å². The maximum atomic E-state index is 13.2. The number of oxime groups is 1. The Labute approximate surface area is 159 Å². The molecule has 0 bridgehead atoms. The van der Waals surface area contributed by atoms with Crippen molar-refractivity contribution in [1.29, 1.82) is 0 Å². The van der Waals surface area contributed by atoms with Crippen LogP contribution in [-0.2, 0) is 11.4 Å². The van der Waals surface area contributed by atoms with E-state index >= 15 is 0 Å². The zero-order chi connectivity index (χ0) is 18.6. The predicted molar refractivity (Wildman–Crippen MR) is 107 cm³/mol. The minimum Gasteiger partial charge on any atom is -0.391 e. The minimum absolute atomic E-state index is 0.233. The zero-order valence-electron chi connectivity index (χ0n) is 15.4. The molecule has 0 amide bonds. The fraction of sp³-hybridized carbons (Fsp3) is 0.208. The Morgan fingerprint density at radius 2 is 1.70 bits per heavy atom.